The second-order valence-electron chi connectivity index (χ2n) is 4.08. The smallest absolute Gasteiger partial charge is 0.256 e. The normalized spacial score (nSPS) is 15.1. The van der Waals surface area contributed by atoms with E-state index >= 15 is 0 Å². The number of aromatic hydroxyl groups is 1. The number of nitrogens with zero attached hydrogens (tertiary/aromatic N) is 1. The third-order valence-electron chi connectivity index (χ3n) is 2.73. The number of hydrogen-bond donors (Lipinski definition) is 1. The van der Waals surface area contributed by atoms with Crippen LogP contribution in [0.5, 0.6) is 5.75 Å². The molecule has 1 radical (unpaired) electrons. The summed E-state index contributed by atoms with van der Waals surface area (Å²) in [6.45, 7) is -0.644. The maximum atomic E-state index is 12.6. The van der Waals surface area contributed by atoms with Crippen molar-refractivity contribution in [2.24, 2.45) is 0 Å². The van der Waals surface area contributed by atoms with Gasteiger partial charge in [0.2, 0.25) is 5.91 Å². The SMILES string of the molecule is O=C1CC[C-]=C(c2ccc(O)cc2Br)N1CC(F)F.[Y]. The number of phenols is 1. The minimum absolute atomic E-state index is 0. The summed E-state index contributed by atoms with van der Waals surface area (Å²) in [7, 11) is 0. The molecule has 2 rings (SSSR count). The van der Waals surface area contributed by atoms with Crippen LogP contribution in [-0.4, -0.2) is 28.9 Å². The van der Waals surface area contributed by atoms with E-state index in [1.54, 1.807) is 6.07 Å². The third kappa shape index (κ3) is 4.09. The maximum Gasteiger partial charge on any atom is 0.256 e. The predicted molar refractivity (Wildman–Crippen MR) is 69.4 cm³/mol. The first kappa shape index (κ1) is 17.7. The predicted octanol–water partition coefficient (Wildman–Crippen LogP) is 3.18. The second-order valence-corrected chi connectivity index (χ2v) is 4.94. The summed E-state index contributed by atoms with van der Waals surface area (Å²) in [4.78, 5) is 12.8. The molecule has 1 aromatic rings. The molecule has 1 aromatic carbocycles. The number of benzene rings is 1. The van der Waals surface area contributed by atoms with E-state index in [-0.39, 0.29) is 50.8 Å². The largest absolute Gasteiger partial charge is 0.508 e. The van der Waals surface area contributed by atoms with Gasteiger partial charge in [-0.15, -0.1) is 23.7 Å². The topological polar surface area (TPSA) is 40.5 Å². The number of phenolic OH excluding ortho intramolecular Hbond substituents is 1. The van der Waals surface area contributed by atoms with Gasteiger partial charge in [0.25, 0.3) is 6.43 Å². The summed E-state index contributed by atoms with van der Waals surface area (Å²) >= 11 is 3.25. The van der Waals surface area contributed by atoms with Crippen molar-refractivity contribution in [1.29, 1.82) is 0 Å². The Morgan fingerprint density at radius 1 is 1.45 bits per heavy atom. The van der Waals surface area contributed by atoms with E-state index in [0.717, 1.165) is 4.90 Å². The summed E-state index contributed by atoms with van der Waals surface area (Å²) in [6, 6.07) is 4.46. The van der Waals surface area contributed by atoms with Gasteiger partial charge in [0.1, 0.15) is 5.75 Å². The zero-order valence-electron chi connectivity index (χ0n) is 10.4. The van der Waals surface area contributed by atoms with Crippen LogP contribution in [0.2, 0.25) is 0 Å². The molecular weight excluding hydrogens is 409 g/mol. The van der Waals surface area contributed by atoms with Gasteiger partial charge in [0, 0.05) is 39.1 Å². The summed E-state index contributed by atoms with van der Waals surface area (Å²) in [5.74, 6) is -0.284. The number of alkyl halides is 2. The molecule has 1 aliphatic heterocycles. The van der Waals surface area contributed by atoms with Crippen LogP contribution in [0.4, 0.5) is 8.78 Å². The van der Waals surface area contributed by atoms with Gasteiger partial charge in [-0.2, -0.15) is 0 Å². The van der Waals surface area contributed by atoms with E-state index in [1.807, 2.05) is 0 Å². The summed E-state index contributed by atoms with van der Waals surface area (Å²) in [5, 5.41) is 9.34. The third-order valence-corrected chi connectivity index (χ3v) is 3.39. The number of hydrogen-bond acceptors (Lipinski definition) is 2. The molecular formula is C13H11BrF2NO2Y-. The minimum atomic E-state index is -2.60. The van der Waals surface area contributed by atoms with E-state index in [1.165, 1.54) is 12.1 Å². The molecule has 0 spiro atoms. The molecule has 7 heteroatoms. The fourth-order valence-electron chi connectivity index (χ4n) is 1.91. The molecule has 1 heterocycles. The Morgan fingerprint density at radius 3 is 2.75 bits per heavy atom. The molecule has 3 nitrogen and oxygen atoms in total. The number of carbonyl (C=O) groups excluding carboxylic acids is 1. The van der Waals surface area contributed by atoms with Crippen LogP contribution in [0.1, 0.15) is 18.4 Å². The van der Waals surface area contributed by atoms with Gasteiger partial charge in [-0.25, -0.2) is 14.9 Å². The fraction of sp³-hybridized carbons (Fsp3) is 0.308. The van der Waals surface area contributed by atoms with E-state index < -0.39 is 13.0 Å². The molecule has 1 aliphatic rings. The zero-order chi connectivity index (χ0) is 14.0. The Balaban J connectivity index is 0.00000200. The van der Waals surface area contributed by atoms with Crippen LogP contribution < -0.4 is 0 Å². The number of allylic oxidation sites excluding steroid dienone is 1. The van der Waals surface area contributed by atoms with Crippen molar-refractivity contribution in [3.05, 3.63) is 34.3 Å². The van der Waals surface area contributed by atoms with Gasteiger partial charge in [0.05, 0.1) is 6.54 Å². The fourth-order valence-corrected chi connectivity index (χ4v) is 2.47. The van der Waals surface area contributed by atoms with Crippen LogP contribution in [0, 0.1) is 6.08 Å². The number of rotatable bonds is 3. The van der Waals surface area contributed by atoms with Crippen molar-refractivity contribution in [3.63, 3.8) is 0 Å². The van der Waals surface area contributed by atoms with Gasteiger partial charge >= 0.3 is 0 Å². The Kier molecular flexibility index (Phi) is 6.75. The standard InChI is InChI=1S/C13H11BrF2NO2.Y/c14-10-6-8(18)4-5-9(10)11-2-1-3-13(19)17(11)7-12(15)16;/h4-6,12,18H,1,3,7H2;/q-1;. The van der Waals surface area contributed by atoms with Crippen LogP contribution in [0.25, 0.3) is 5.70 Å². The van der Waals surface area contributed by atoms with Crippen molar-refractivity contribution >= 4 is 27.5 Å². The number of halogens is 3. The summed E-state index contributed by atoms with van der Waals surface area (Å²) in [5.41, 5.74) is 0.898. The second kappa shape index (κ2) is 7.62. The molecule has 0 aromatic heterocycles. The van der Waals surface area contributed by atoms with Crippen molar-refractivity contribution in [2.45, 2.75) is 19.3 Å². The summed E-state index contributed by atoms with van der Waals surface area (Å²) in [6.07, 6.45) is 0.947. The Bertz CT molecular complexity index is 537. The molecule has 0 saturated heterocycles. The van der Waals surface area contributed by atoms with Crippen LogP contribution >= 0.6 is 15.9 Å². The van der Waals surface area contributed by atoms with Gasteiger partial charge in [-0.05, 0) is 12.1 Å². The molecule has 0 fully saturated rings. The Hall–Kier alpha value is -0.326. The van der Waals surface area contributed by atoms with Crippen LogP contribution in [0.3, 0.4) is 0 Å². The van der Waals surface area contributed by atoms with E-state index in [2.05, 4.69) is 22.0 Å². The van der Waals surface area contributed by atoms with Crippen molar-refractivity contribution < 1.29 is 51.4 Å². The number of carbonyl (C=O) groups is 1. The Morgan fingerprint density at radius 2 is 2.15 bits per heavy atom. The molecule has 20 heavy (non-hydrogen) atoms. The molecule has 105 valence electrons. The molecule has 0 bridgehead atoms. The first-order chi connectivity index (χ1) is 8.99. The molecule has 1 amide bonds. The van der Waals surface area contributed by atoms with Crippen LogP contribution in [0.15, 0.2) is 22.7 Å². The van der Waals surface area contributed by atoms with E-state index in [4.69, 9.17) is 0 Å². The summed E-state index contributed by atoms with van der Waals surface area (Å²) < 4.78 is 25.7. The average molecular weight is 420 g/mol. The molecule has 0 aliphatic carbocycles. The quantitative estimate of drug-likeness (QED) is 0.764. The van der Waals surface area contributed by atoms with Gasteiger partial charge in [-0.1, -0.05) is 20.4 Å². The van der Waals surface area contributed by atoms with E-state index in [9.17, 15) is 18.7 Å². The molecule has 0 atom stereocenters. The zero-order valence-corrected chi connectivity index (χ0v) is 14.9. The van der Waals surface area contributed by atoms with Gasteiger partial charge in [-0.3, -0.25) is 4.79 Å². The molecule has 1 N–H and O–H groups in total. The van der Waals surface area contributed by atoms with Crippen molar-refractivity contribution in [1.82, 2.24) is 4.90 Å². The average Bonchev–Trinajstić information content (AvgIpc) is 2.32. The molecule has 0 saturated carbocycles. The number of amides is 1. The maximum absolute atomic E-state index is 12.6. The van der Waals surface area contributed by atoms with Gasteiger partial charge < -0.3 is 10.0 Å². The minimum Gasteiger partial charge on any atom is -0.508 e. The van der Waals surface area contributed by atoms with E-state index in [0.29, 0.717) is 22.2 Å². The first-order valence-electron chi connectivity index (χ1n) is 5.67. The first-order valence-corrected chi connectivity index (χ1v) is 6.46. The van der Waals surface area contributed by atoms with Crippen molar-refractivity contribution in [3.8, 4) is 5.75 Å². The van der Waals surface area contributed by atoms with Crippen molar-refractivity contribution in [2.75, 3.05) is 6.54 Å². The van der Waals surface area contributed by atoms with Gasteiger partial charge in [0.15, 0.2) is 0 Å². The molecule has 0 unspecified atom stereocenters. The Labute approximate surface area is 149 Å². The monoisotopic (exact) mass is 419 g/mol. The van der Waals surface area contributed by atoms with Crippen LogP contribution in [-0.2, 0) is 37.5 Å².